The number of anilines is 1. The zero-order chi connectivity index (χ0) is 30.5. The molecule has 0 spiro atoms. The lowest BCUT2D eigenvalue weighted by molar-refractivity contribution is -0.274. The molecule has 1 fully saturated rings. The van der Waals surface area contributed by atoms with E-state index in [1.54, 1.807) is 44.9 Å². The molecule has 0 radical (unpaired) electrons. The molecular weight excluding hydrogens is 551 g/mol. The van der Waals surface area contributed by atoms with E-state index in [1.807, 2.05) is 42.4 Å². The van der Waals surface area contributed by atoms with Gasteiger partial charge in [0, 0.05) is 63.0 Å². The van der Waals surface area contributed by atoms with Crippen molar-refractivity contribution in [1.82, 2.24) is 28.5 Å². The molecule has 0 amide bonds. The molecule has 2 aromatic carbocycles. The lowest BCUT2D eigenvalue weighted by Crippen LogP contribution is -2.60. The summed E-state index contributed by atoms with van der Waals surface area (Å²) in [4.78, 5) is 19.9. The molecule has 42 heavy (non-hydrogen) atoms. The van der Waals surface area contributed by atoms with Crippen molar-refractivity contribution in [2.45, 2.75) is 45.1 Å². The highest BCUT2D eigenvalue weighted by Crippen LogP contribution is 2.41. The second kappa shape index (κ2) is 8.87. The molecule has 0 unspecified atom stereocenters. The molecule has 0 saturated carbocycles. The average molecular weight is 584 g/mol. The molecule has 6 rings (SSSR count). The van der Waals surface area contributed by atoms with Gasteiger partial charge in [-0.2, -0.15) is 5.10 Å². The fraction of sp³-hybridized carbons (Fsp3) is 0.414. The first-order valence-corrected chi connectivity index (χ1v) is 13.4. The normalized spacial score (nSPS) is 15.5. The maximum Gasteiger partial charge on any atom is 0.573 e. The minimum Gasteiger partial charge on any atom is -0.405 e. The Hall–Kier alpha value is -4.26. The molecular formula is C29H32F3N7O3. The van der Waals surface area contributed by atoms with E-state index in [2.05, 4.69) is 9.84 Å². The van der Waals surface area contributed by atoms with Gasteiger partial charge >= 0.3 is 12.1 Å². The van der Waals surface area contributed by atoms with Crippen LogP contribution in [0.4, 0.5) is 18.9 Å². The number of imidazole rings is 2. The van der Waals surface area contributed by atoms with Gasteiger partial charge in [0.2, 0.25) is 0 Å². The first-order valence-electron chi connectivity index (χ1n) is 13.4. The molecule has 1 aliphatic rings. The summed E-state index contributed by atoms with van der Waals surface area (Å²) in [5.74, 6) is 0.234. The standard InChI is InChI=1S/C29H32F3N7O3/c1-27(2,3)25-34-19-10-18(16-12-33-35(5)13-16)23(42-29(30,31)32)11-20(19)39(25)17-8-21-24(37(7)26(40)36(21)6)22(9-17)38-14-28(4,41)15-38/h8-13,41H,14-15H2,1-7H3. The number of aryl methyl sites for hydroxylation is 3. The van der Waals surface area contributed by atoms with Gasteiger partial charge < -0.3 is 14.7 Å². The molecule has 5 aromatic rings. The predicted molar refractivity (Wildman–Crippen MR) is 153 cm³/mol. The highest BCUT2D eigenvalue weighted by Gasteiger charge is 2.39. The quantitative estimate of drug-likeness (QED) is 0.338. The second-order valence-electron chi connectivity index (χ2n) is 12.4. The van der Waals surface area contributed by atoms with Gasteiger partial charge in [-0.25, -0.2) is 9.78 Å². The number of fused-ring (bicyclic) bond motifs is 2. The lowest BCUT2D eigenvalue weighted by Gasteiger charge is -2.46. The van der Waals surface area contributed by atoms with E-state index in [1.165, 1.54) is 21.5 Å². The predicted octanol–water partition coefficient (Wildman–Crippen LogP) is 4.38. The van der Waals surface area contributed by atoms with E-state index in [0.29, 0.717) is 52.2 Å². The summed E-state index contributed by atoms with van der Waals surface area (Å²) >= 11 is 0. The van der Waals surface area contributed by atoms with Gasteiger partial charge in [0.1, 0.15) is 11.6 Å². The summed E-state index contributed by atoms with van der Waals surface area (Å²) < 4.78 is 51.9. The number of hydrogen-bond donors (Lipinski definition) is 1. The van der Waals surface area contributed by atoms with Gasteiger partial charge in [0.15, 0.2) is 0 Å². The number of alkyl halides is 3. The molecule has 1 aliphatic heterocycles. The molecule has 10 nitrogen and oxygen atoms in total. The van der Waals surface area contributed by atoms with Crippen molar-refractivity contribution in [3.8, 4) is 22.6 Å². The third kappa shape index (κ3) is 4.52. The van der Waals surface area contributed by atoms with E-state index in [0.717, 1.165) is 5.69 Å². The number of aromatic nitrogens is 6. The van der Waals surface area contributed by atoms with Gasteiger partial charge in [-0.1, -0.05) is 20.8 Å². The van der Waals surface area contributed by atoms with Crippen LogP contribution >= 0.6 is 0 Å². The van der Waals surface area contributed by atoms with Crippen molar-refractivity contribution < 1.29 is 23.0 Å². The number of aliphatic hydroxyl groups is 1. The van der Waals surface area contributed by atoms with Crippen molar-refractivity contribution in [2.75, 3.05) is 18.0 Å². The maximum absolute atomic E-state index is 13.6. The number of β-amino-alcohol motifs (C(OH)–C–C–N with tert-alkyl or cyclic N) is 1. The number of rotatable bonds is 4. The Kier molecular flexibility index (Phi) is 5.89. The average Bonchev–Trinajstić information content (AvgIpc) is 3.52. The minimum atomic E-state index is -4.93. The molecule has 13 heteroatoms. The molecule has 1 saturated heterocycles. The number of benzene rings is 2. The van der Waals surface area contributed by atoms with Gasteiger partial charge in [-0.3, -0.25) is 18.4 Å². The molecule has 222 valence electrons. The topological polar surface area (TPSA) is 95.3 Å². The van der Waals surface area contributed by atoms with E-state index in [-0.39, 0.29) is 17.0 Å². The van der Waals surface area contributed by atoms with Crippen LogP contribution in [-0.2, 0) is 26.6 Å². The van der Waals surface area contributed by atoms with Gasteiger partial charge in [-0.15, -0.1) is 13.2 Å². The summed E-state index contributed by atoms with van der Waals surface area (Å²) in [6.45, 7) is 8.41. The van der Waals surface area contributed by atoms with Crippen molar-refractivity contribution >= 4 is 27.8 Å². The van der Waals surface area contributed by atoms with Crippen LogP contribution in [0.5, 0.6) is 5.75 Å². The van der Waals surface area contributed by atoms with Gasteiger partial charge in [0.05, 0.1) is 45.2 Å². The molecule has 0 atom stereocenters. The van der Waals surface area contributed by atoms with Gasteiger partial charge in [0.25, 0.3) is 0 Å². The number of ether oxygens (including phenoxy) is 1. The van der Waals surface area contributed by atoms with Crippen LogP contribution in [0.3, 0.4) is 0 Å². The Morgan fingerprint density at radius 2 is 1.69 bits per heavy atom. The second-order valence-corrected chi connectivity index (χ2v) is 12.4. The monoisotopic (exact) mass is 583 g/mol. The highest BCUT2D eigenvalue weighted by molar-refractivity contribution is 5.94. The van der Waals surface area contributed by atoms with Crippen molar-refractivity contribution in [3.05, 3.63) is 53.0 Å². The smallest absolute Gasteiger partial charge is 0.405 e. The Bertz CT molecular complexity index is 1930. The van der Waals surface area contributed by atoms with Crippen molar-refractivity contribution in [1.29, 1.82) is 0 Å². The number of hydrogen-bond acceptors (Lipinski definition) is 6. The van der Waals surface area contributed by atoms with Crippen LogP contribution in [0.1, 0.15) is 33.5 Å². The van der Waals surface area contributed by atoms with E-state index in [4.69, 9.17) is 4.98 Å². The fourth-order valence-corrected chi connectivity index (χ4v) is 5.79. The summed E-state index contributed by atoms with van der Waals surface area (Å²) in [7, 11) is 5.05. The van der Waals surface area contributed by atoms with Crippen LogP contribution in [-0.4, -0.2) is 58.6 Å². The number of halogens is 3. The molecule has 0 aliphatic carbocycles. The van der Waals surface area contributed by atoms with Crippen molar-refractivity contribution in [2.24, 2.45) is 21.1 Å². The van der Waals surface area contributed by atoms with Crippen molar-refractivity contribution in [3.63, 3.8) is 0 Å². The van der Waals surface area contributed by atoms with Crippen LogP contribution < -0.4 is 15.3 Å². The zero-order valence-corrected chi connectivity index (χ0v) is 24.4. The lowest BCUT2D eigenvalue weighted by atomic mass is 9.95. The van der Waals surface area contributed by atoms with E-state index in [9.17, 15) is 23.1 Å². The Balaban J connectivity index is 1.68. The largest absolute Gasteiger partial charge is 0.573 e. The Morgan fingerprint density at radius 3 is 2.26 bits per heavy atom. The molecule has 3 aromatic heterocycles. The van der Waals surface area contributed by atoms with Gasteiger partial charge in [-0.05, 0) is 25.1 Å². The minimum absolute atomic E-state index is 0.211. The third-order valence-corrected chi connectivity index (χ3v) is 7.66. The zero-order valence-electron chi connectivity index (χ0n) is 24.4. The summed E-state index contributed by atoms with van der Waals surface area (Å²) in [5.41, 5.74) is 2.63. The Labute approximate surface area is 239 Å². The number of nitrogens with zero attached hydrogens (tertiary/aromatic N) is 7. The van der Waals surface area contributed by atoms with Crippen LogP contribution in [0.2, 0.25) is 0 Å². The maximum atomic E-state index is 13.6. The van der Waals surface area contributed by atoms with E-state index < -0.39 is 17.4 Å². The summed E-state index contributed by atoms with van der Waals surface area (Å²) in [6, 6.07) is 6.68. The highest BCUT2D eigenvalue weighted by atomic mass is 19.4. The Morgan fingerprint density at radius 1 is 1.00 bits per heavy atom. The van der Waals surface area contributed by atoms with Crippen LogP contribution in [0, 0.1) is 0 Å². The van der Waals surface area contributed by atoms with Crippen LogP contribution in [0.25, 0.3) is 38.9 Å². The fourth-order valence-electron chi connectivity index (χ4n) is 5.79. The first kappa shape index (κ1) is 27.9. The first-order chi connectivity index (χ1) is 19.4. The van der Waals surface area contributed by atoms with Crippen LogP contribution in [0.15, 0.2) is 41.5 Å². The molecule has 0 bridgehead atoms. The molecule has 1 N–H and O–H groups in total. The third-order valence-electron chi connectivity index (χ3n) is 7.66. The summed E-state index contributed by atoms with van der Waals surface area (Å²) in [6.07, 6.45) is -1.83. The van der Waals surface area contributed by atoms with E-state index >= 15 is 0 Å². The molecule has 4 heterocycles. The summed E-state index contributed by atoms with van der Waals surface area (Å²) in [5, 5.41) is 14.6. The SMILES string of the molecule is Cn1cc(-c2cc3nc(C(C)(C)C)n(-c4cc(N5CC(C)(O)C5)c5c(c4)n(C)c(=O)n5C)c3cc2OC(F)(F)F)cn1.